The maximum absolute atomic E-state index is 12.4. The second kappa shape index (κ2) is 6.25. The molecule has 0 spiro atoms. The molecule has 4 rings (SSSR count). The van der Waals surface area contributed by atoms with Gasteiger partial charge in [0.15, 0.2) is 0 Å². The Balaban J connectivity index is 1.67. The largest absolute Gasteiger partial charge is 0.467 e. The number of pyridine rings is 2. The minimum absolute atomic E-state index is 0.234. The summed E-state index contributed by atoms with van der Waals surface area (Å²) in [6, 6.07) is 11.2. The predicted octanol–water partition coefficient (Wildman–Crippen LogP) is 3.88. The molecule has 0 aliphatic carbocycles. The lowest BCUT2D eigenvalue weighted by Gasteiger charge is -2.07. The van der Waals surface area contributed by atoms with Crippen LogP contribution in [0.3, 0.4) is 0 Å². The summed E-state index contributed by atoms with van der Waals surface area (Å²) in [7, 11) is 0. The van der Waals surface area contributed by atoms with Crippen LogP contribution in [-0.2, 0) is 6.54 Å². The van der Waals surface area contributed by atoms with Crippen molar-refractivity contribution in [1.82, 2.24) is 15.3 Å². The van der Waals surface area contributed by atoms with E-state index in [1.54, 1.807) is 42.1 Å². The standard InChI is InChI=1S/C18H13N3O2S/c22-18(20-10-13-3-1-7-23-13)15-6-5-12-9-19-11-14(17(12)21-15)16-4-2-8-24-16/h1-9,11H,10H2,(H,20,22). The Morgan fingerprint density at radius 2 is 2.12 bits per heavy atom. The van der Waals surface area contributed by atoms with Crippen LogP contribution in [0.2, 0.25) is 0 Å². The Kier molecular flexibility index (Phi) is 3.80. The number of nitrogens with one attached hydrogen (secondary N) is 1. The number of rotatable bonds is 4. The zero-order chi connectivity index (χ0) is 16.4. The average Bonchev–Trinajstić information content (AvgIpc) is 3.32. The van der Waals surface area contributed by atoms with Gasteiger partial charge in [-0.2, -0.15) is 0 Å². The highest BCUT2D eigenvalue weighted by Gasteiger charge is 2.12. The molecule has 0 fully saturated rings. The Bertz CT molecular complexity index is 979. The second-order valence-electron chi connectivity index (χ2n) is 5.19. The normalized spacial score (nSPS) is 10.8. The quantitative estimate of drug-likeness (QED) is 0.614. The molecular weight excluding hydrogens is 322 g/mol. The lowest BCUT2D eigenvalue weighted by atomic mass is 10.1. The number of amides is 1. The van der Waals surface area contributed by atoms with Crippen LogP contribution >= 0.6 is 11.3 Å². The fraction of sp³-hybridized carbons (Fsp3) is 0.0556. The Morgan fingerprint density at radius 3 is 2.92 bits per heavy atom. The Labute approximate surface area is 142 Å². The first-order valence-corrected chi connectivity index (χ1v) is 8.28. The predicted molar refractivity (Wildman–Crippen MR) is 92.7 cm³/mol. The van der Waals surface area contributed by atoms with E-state index in [1.165, 1.54) is 0 Å². The number of nitrogens with zero attached hydrogens (tertiary/aromatic N) is 2. The van der Waals surface area contributed by atoms with Crippen LogP contribution < -0.4 is 5.32 Å². The van der Waals surface area contributed by atoms with Gasteiger partial charge >= 0.3 is 0 Å². The van der Waals surface area contributed by atoms with Crippen molar-refractivity contribution in [3.05, 3.63) is 71.9 Å². The third-order valence-corrected chi connectivity index (χ3v) is 4.52. The van der Waals surface area contributed by atoms with E-state index in [1.807, 2.05) is 29.6 Å². The molecule has 0 bridgehead atoms. The molecule has 0 saturated heterocycles. The van der Waals surface area contributed by atoms with Crippen LogP contribution in [0.15, 0.2) is 64.9 Å². The summed E-state index contributed by atoms with van der Waals surface area (Å²) < 4.78 is 5.22. The van der Waals surface area contributed by atoms with Gasteiger partial charge in [0.25, 0.3) is 5.91 Å². The molecule has 118 valence electrons. The Morgan fingerprint density at radius 1 is 1.17 bits per heavy atom. The van der Waals surface area contributed by atoms with Gasteiger partial charge in [-0.15, -0.1) is 11.3 Å². The first kappa shape index (κ1) is 14.6. The van der Waals surface area contributed by atoms with E-state index in [4.69, 9.17) is 4.42 Å². The van der Waals surface area contributed by atoms with E-state index in [-0.39, 0.29) is 5.91 Å². The molecule has 4 heterocycles. The van der Waals surface area contributed by atoms with Crippen molar-refractivity contribution in [2.24, 2.45) is 0 Å². The molecule has 4 aromatic heterocycles. The van der Waals surface area contributed by atoms with Crippen LogP contribution in [0.1, 0.15) is 16.2 Å². The van der Waals surface area contributed by atoms with Gasteiger partial charge < -0.3 is 9.73 Å². The topological polar surface area (TPSA) is 68.0 Å². The van der Waals surface area contributed by atoms with Crippen molar-refractivity contribution >= 4 is 28.1 Å². The molecule has 0 aromatic carbocycles. The van der Waals surface area contributed by atoms with E-state index in [2.05, 4.69) is 15.3 Å². The number of hydrogen-bond acceptors (Lipinski definition) is 5. The van der Waals surface area contributed by atoms with E-state index in [0.29, 0.717) is 18.0 Å². The molecule has 24 heavy (non-hydrogen) atoms. The summed E-state index contributed by atoms with van der Waals surface area (Å²) >= 11 is 1.62. The fourth-order valence-corrected chi connectivity index (χ4v) is 3.19. The molecule has 5 nitrogen and oxygen atoms in total. The van der Waals surface area contributed by atoms with Crippen molar-refractivity contribution in [2.45, 2.75) is 6.54 Å². The van der Waals surface area contributed by atoms with Crippen molar-refractivity contribution < 1.29 is 9.21 Å². The number of furan rings is 1. The molecule has 0 atom stereocenters. The van der Waals surface area contributed by atoms with E-state index >= 15 is 0 Å². The Hall–Kier alpha value is -2.99. The highest BCUT2D eigenvalue weighted by molar-refractivity contribution is 7.13. The lowest BCUT2D eigenvalue weighted by molar-refractivity contribution is 0.0943. The van der Waals surface area contributed by atoms with Crippen LogP contribution in [0.5, 0.6) is 0 Å². The van der Waals surface area contributed by atoms with Gasteiger partial charge in [0, 0.05) is 28.2 Å². The maximum atomic E-state index is 12.4. The van der Waals surface area contributed by atoms with Crippen LogP contribution in [0.25, 0.3) is 21.3 Å². The van der Waals surface area contributed by atoms with Gasteiger partial charge in [-0.1, -0.05) is 6.07 Å². The molecule has 0 aliphatic rings. The molecule has 1 amide bonds. The molecule has 6 heteroatoms. The van der Waals surface area contributed by atoms with Crippen molar-refractivity contribution in [2.75, 3.05) is 0 Å². The van der Waals surface area contributed by atoms with E-state index < -0.39 is 0 Å². The average molecular weight is 335 g/mol. The maximum Gasteiger partial charge on any atom is 0.270 e. The first-order valence-electron chi connectivity index (χ1n) is 7.40. The van der Waals surface area contributed by atoms with E-state index in [9.17, 15) is 4.79 Å². The van der Waals surface area contributed by atoms with Crippen molar-refractivity contribution in [3.8, 4) is 10.4 Å². The fourth-order valence-electron chi connectivity index (χ4n) is 2.45. The summed E-state index contributed by atoms with van der Waals surface area (Å²) in [5.41, 5.74) is 2.08. The lowest BCUT2D eigenvalue weighted by Crippen LogP contribution is -2.23. The third kappa shape index (κ3) is 2.79. The molecule has 0 radical (unpaired) electrons. The number of aromatic nitrogens is 2. The van der Waals surface area contributed by atoms with Crippen molar-refractivity contribution in [1.29, 1.82) is 0 Å². The third-order valence-electron chi connectivity index (χ3n) is 3.62. The molecular formula is C18H13N3O2S. The number of carbonyl (C=O) groups excluding carboxylic acids is 1. The number of fused-ring (bicyclic) bond motifs is 1. The smallest absolute Gasteiger partial charge is 0.270 e. The molecule has 0 saturated carbocycles. The molecule has 1 N–H and O–H groups in total. The molecule has 0 aliphatic heterocycles. The van der Waals surface area contributed by atoms with Gasteiger partial charge in [0.2, 0.25) is 0 Å². The van der Waals surface area contributed by atoms with Crippen LogP contribution in [-0.4, -0.2) is 15.9 Å². The summed E-state index contributed by atoms with van der Waals surface area (Å²) in [4.78, 5) is 22.3. The zero-order valence-electron chi connectivity index (χ0n) is 12.6. The summed E-state index contributed by atoms with van der Waals surface area (Å²) in [5.74, 6) is 0.467. The SMILES string of the molecule is O=C(NCc1ccco1)c1ccc2cncc(-c3cccs3)c2n1. The number of hydrogen-bond donors (Lipinski definition) is 1. The van der Waals surface area contributed by atoms with Gasteiger partial charge in [0.05, 0.1) is 18.3 Å². The minimum atomic E-state index is -0.234. The van der Waals surface area contributed by atoms with Crippen LogP contribution in [0.4, 0.5) is 0 Å². The minimum Gasteiger partial charge on any atom is -0.467 e. The second-order valence-corrected chi connectivity index (χ2v) is 6.14. The molecule has 4 aromatic rings. The monoisotopic (exact) mass is 335 g/mol. The number of carbonyl (C=O) groups is 1. The number of thiophene rings is 1. The highest BCUT2D eigenvalue weighted by atomic mass is 32.1. The van der Waals surface area contributed by atoms with Gasteiger partial charge in [-0.25, -0.2) is 4.98 Å². The summed E-state index contributed by atoms with van der Waals surface area (Å²) in [6.45, 7) is 0.333. The van der Waals surface area contributed by atoms with Gasteiger partial charge in [-0.05, 0) is 35.7 Å². The van der Waals surface area contributed by atoms with E-state index in [0.717, 1.165) is 21.3 Å². The van der Waals surface area contributed by atoms with Gasteiger partial charge in [0.1, 0.15) is 11.5 Å². The van der Waals surface area contributed by atoms with Crippen molar-refractivity contribution in [3.63, 3.8) is 0 Å². The first-order chi connectivity index (χ1) is 11.8. The zero-order valence-corrected chi connectivity index (χ0v) is 13.4. The van der Waals surface area contributed by atoms with Crippen LogP contribution in [0, 0.1) is 0 Å². The van der Waals surface area contributed by atoms with Gasteiger partial charge in [-0.3, -0.25) is 9.78 Å². The summed E-state index contributed by atoms with van der Waals surface area (Å²) in [6.07, 6.45) is 5.12. The molecule has 0 unspecified atom stereocenters. The highest BCUT2D eigenvalue weighted by Crippen LogP contribution is 2.29. The summed E-state index contributed by atoms with van der Waals surface area (Å²) in [5, 5.41) is 5.73.